The predicted molar refractivity (Wildman–Crippen MR) is 91.5 cm³/mol. The molecule has 3 nitrogen and oxygen atoms in total. The first-order valence-corrected chi connectivity index (χ1v) is 8.18. The van der Waals surface area contributed by atoms with Gasteiger partial charge in [0.25, 0.3) is 0 Å². The van der Waals surface area contributed by atoms with Crippen LogP contribution in [0.4, 0.5) is 5.69 Å². The molecule has 3 heteroatoms. The Kier molecular flexibility index (Phi) is 4.96. The number of para-hydroxylation sites is 1. The molecule has 2 N–H and O–H groups in total. The number of anilines is 1. The van der Waals surface area contributed by atoms with Crippen LogP contribution in [0.5, 0.6) is 11.5 Å². The van der Waals surface area contributed by atoms with Crippen LogP contribution in [-0.4, -0.2) is 13.1 Å². The molecule has 0 unspecified atom stereocenters. The summed E-state index contributed by atoms with van der Waals surface area (Å²) in [5.74, 6) is 1.72. The van der Waals surface area contributed by atoms with Crippen molar-refractivity contribution < 1.29 is 4.74 Å². The first-order chi connectivity index (χ1) is 10.9. The molecule has 0 radical (unpaired) electrons. The summed E-state index contributed by atoms with van der Waals surface area (Å²) < 4.78 is 6.06. The number of rotatable bonds is 4. The van der Waals surface area contributed by atoms with Crippen molar-refractivity contribution in [3.8, 4) is 11.5 Å². The number of nitrogens with zero attached hydrogens (tertiary/aromatic N) is 1. The van der Waals surface area contributed by atoms with Crippen molar-refractivity contribution in [2.45, 2.75) is 32.2 Å². The molecule has 3 rings (SSSR count). The maximum Gasteiger partial charge on any atom is 0.133 e. The molecule has 2 aromatic carbocycles. The highest BCUT2D eigenvalue weighted by molar-refractivity contribution is 5.60. The quantitative estimate of drug-likeness (QED) is 0.913. The van der Waals surface area contributed by atoms with Crippen molar-refractivity contribution in [1.82, 2.24) is 0 Å². The molecule has 1 heterocycles. The lowest BCUT2D eigenvalue weighted by Crippen LogP contribution is -2.25. The summed E-state index contributed by atoms with van der Waals surface area (Å²) in [5, 5.41) is 0. The van der Waals surface area contributed by atoms with Gasteiger partial charge in [0.2, 0.25) is 0 Å². The van der Waals surface area contributed by atoms with Gasteiger partial charge in [0.05, 0.1) is 0 Å². The van der Waals surface area contributed by atoms with E-state index in [1.54, 1.807) is 0 Å². The van der Waals surface area contributed by atoms with E-state index in [-0.39, 0.29) is 0 Å². The van der Waals surface area contributed by atoms with Crippen molar-refractivity contribution in [2.24, 2.45) is 5.73 Å². The summed E-state index contributed by atoms with van der Waals surface area (Å²) in [4.78, 5) is 2.47. The zero-order valence-corrected chi connectivity index (χ0v) is 13.0. The minimum Gasteiger partial charge on any atom is -0.457 e. The molecule has 0 amide bonds. The largest absolute Gasteiger partial charge is 0.457 e. The summed E-state index contributed by atoms with van der Waals surface area (Å²) in [7, 11) is 0. The fraction of sp³-hybridized carbons (Fsp3) is 0.368. The first kappa shape index (κ1) is 14.9. The summed E-state index contributed by atoms with van der Waals surface area (Å²) in [5.41, 5.74) is 8.38. The van der Waals surface area contributed by atoms with E-state index in [0.717, 1.165) is 30.2 Å². The topological polar surface area (TPSA) is 38.5 Å². The van der Waals surface area contributed by atoms with Crippen LogP contribution in [-0.2, 0) is 6.54 Å². The van der Waals surface area contributed by atoms with E-state index >= 15 is 0 Å². The molecule has 1 saturated heterocycles. The van der Waals surface area contributed by atoms with Gasteiger partial charge < -0.3 is 15.4 Å². The van der Waals surface area contributed by atoms with Crippen molar-refractivity contribution in [3.63, 3.8) is 0 Å². The molecule has 116 valence electrons. The number of ether oxygens (including phenoxy) is 1. The highest BCUT2D eigenvalue weighted by atomic mass is 16.5. The van der Waals surface area contributed by atoms with Gasteiger partial charge in [0.15, 0.2) is 0 Å². The first-order valence-electron chi connectivity index (χ1n) is 8.18. The second kappa shape index (κ2) is 7.32. The second-order valence-electron chi connectivity index (χ2n) is 5.77. The normalized spacial score (nSPS) is 15.4. The molecule has 0 aromatic heterocycles. The Labute approximate surface area is 132 Å². The van der Waals surface area contributed by atoms with Gasteiger partial charge in [-0.05, 0) is 37.1 Å². The SMILES string of the molecule is NCc1c(Oc2ccccc2)cccc1N1CCCCCC1. The molecule has 0 saturated carbocycles. The van der Waals surface area contributed by atoms with Crippen LogP contribution in [0.25, 0.3) is 0 Å². The van der Waals surface area contributed by atoms with Crippen LogP contribution in [0, 0.1) is 0 Å². The fourth-order valence-electron chi connectivity index (χ4n) is 3.08. The van der Waals surface area contributed by atoms with Crippen LogP contribution in [0.1, 0.15) is 31.2 Å². The van der Waals surface area contributed by atoms with Gasteiger partial charge >= 0.3 is 0 Å². The van der Waals surface area contributed by atoms with Crippen molar-refractivity contribution in [1.29, 1.82) is 0 Å². The fourth-order valence-corrected chi connectivity index (χ4v) is 3.08. The Balaban J connectivity index is 1.89. The third-order valence-electron chi connectivity index (χ3n) is 4.23. The Morgan fingerprint density at radius 1 is 0.864 bits per heavy atom. The standard InChI is InChI=1S/C19H24N2O/c20-15-17-18(21-13-6-1-2-7-14-21)11-8-12-19(17)22-16-9-4-3-5-10-16/h3-5,8-12H,1-2,6-7,13-15,20H2. The summed E-state index contributed by atoms with van der Waals surface area (Å²) in [6, 6.07) is 16.1. The molecule has 0 aliphatic carbocycles. The molecule has 2 aromatic rings. The van der Waals surface area contributed by atoms with Crippen LogP contribution in [0.3, 0.4) is 0 Å². The molecule has 1 aliphatic heterocycles. The van der Waals surface area contributed by atoms with Crippen LogP contribution < -0.4 is 15.4 Å². The summed E-state index contributed by atoms with van der Waals surface area (Å²) in [6.07, 6.45) is 5.17. The molecule has 0 atom stereocenters. The lowest BCUT2D eigenvalue weighted by Gasteiger charge is -2.26. The summed E-state index contributed by atoms with van der Waals surface area (Å²) in [6.45, 7) is 2.72. The van der Waals surface area contributed by atoms with Gasteiger partial charge in [-0.15, -0.1) is 0 Å². The lowest BCUT2D eigenvalue weighted by atomic mass is 10.1. The second-order valence-corrected chi connectivity index (χ2v) is 5.77. The third kappa shape index (κ3) is 3.42. The Hall–Kier alpha value is -2.00. The smallest absolute Gasteiger partial charge is 0.133 e. The molecular formula is C19H24N2O. The maximum atomic E-state index is 6.06. The van der Waals surface area contributed by atoms with Crippen LogP contribution in [0.2, 0.25) is 0 Å². The minimum atomic E-state index is 0.495. The Morgan fingerprint density at radius 3 is 2.27 bits per heavy atom. The van der Waals surface area contributed by atoms with E-state index in [9.17, 15) is 0 Å². The zero-order valence-electron chi connectivity index (χ0n) is 13.0. The maximum absolute atomic E-state index is 6.06. The van der Waals surface area contributed by atoms with Crippen LogP contribution in [0.15, 0.2) is 48.5 Å². The predicted octanol–water partition coefficient (Wildman–Crippen LogP) is 4.32. The zero-order chi connectivity index (χ0) is 15.2. The number of benzene rings is 2. The third-order valence-corrected chi connectivity index (χ3v) is 4.23. The van der Waals surface area contributed by atoms with Crippen LogP contribution >= 0.6 is 0 Å². The molecule has 1 fully saturated rings. The molecular weight excluding hydrogens is 272 g/mol. The van der Waals surface area contributed by atoms with E-state index in [4.69, 9.17) is 10.5 Å². The van der Waals surface area contributed by atoms with Crippen molar-refractivity contribution >= 4 is 5.69 Å². The number of hydrogen-bond acceptors (Lipinski definition) is 3. The van der Waals surface area contributed by atoms with Gasteiger partial charge in [-0.25, -0.2) is 0 Å². The van der Waals surface area contributed by atoms with Crippen molar-refractivity contribution in [2.75, 3.05) is 18.0 Å². The number of hydrogen-bond donors (Lipinski definition) is 1. The molecule has 0 bridgehead atoms. The number of nitrogens with two attached hydrogens (primary N) is 1. The van der Waals surface area contributed by atoms with Gasteiger partial charge in [-0.3, -0.25) is 0 Å². The highest BCUT2D eigenvalue weighted by Gasteiger charge is 2.16. The minimum absolute atomic E-state index is 0.495. The Morgan fingerprint density at radius 2 is 1.59 bits per heavy atom. The van der Waals surface area contributed by atoms with E-state index in [2.05, 4.69) is 17.0 Å². The highest BCUT2D eigenvalue weighted by Crippen LogP contribution is 2.33. The van der Waals surface area contributed by atoms with Crippen molar-refractivity contribution in [3.05, 3.63) is 54.1 Å². The van der Waals surface area contributed by atoms with Gasteiger partial charge in [-0.2, -0.15) is 0 Å². The van der Waals surface area contributed by atoms with Gasteiger partial charge in [0.1, 0.15) is 11.5 Å². The van der Waals surface area contributed by atoms with E-state index in [0.29, 0.717) is 6.54 Å². The Bertz CT molecular complexity index is 590. The van der Waals surface area contributed by atoms with Gasteiger partial charge in [0, 0.05) is 30.9 Å². The van der Waals surface area contributed by atoms with E-state index < -0.39 is 0 Å². The average Bonchev–Trinajstić information content (AvgIpc) is 2.85. The molecule has 0 spiro atoms. The monoisotopic (exact) mass is 296 g/mol. The average molecular weight is 296 g/mol. The molecule has 1 aliphatic rings. The lowest BCUT2D eigenvalue weighted by molar-refractivity contribution is 0.476. The van der Waals surface area contributed by atoms with Gasteiger partial charge in [-0.1, -0.05) is 37.1 Å². The van der Waals surface area contributed by atoms with E-state index in [1.807, 2.05) is 36.4 Å². The summed E-state index contributed by atoms with van der Waals surface area (Å²) >= 11 is 0. The van der Waals surface area contributed by atoms with E-state index in [1.165, 1.54) is 31.4 Å². The molecule has 22 heavy (non-hydrogen) atoms.